The van der Waals surface area contributed by atoms with Gasteiger partial charge in [-0.1, -0.05) is 15.9 Å². The minimum Gasteiger partial charge on any atom is -0.488 e. The van der Waals surface area contributed by atoms with E-state index in [1.54, 1.807) is 24.3 Å². The molecule has 0 radical (unpaired) electrons. The summed E-state index contributed by atoms with van der Waals surface area (Å²) in [5, 5.41) is 8.82. The van der Waals surface area contributed by atoms with Gasteiger partial charge >= 0.3 is 0 Å². The average Bonchev–Trinajstić information content (AvgIpc) is 2.44. The van der Waals surface area contributed by atoms with Gasteiger partial charge in [0.25, 0.3) is 0 Å². The molecule has 0 aromatic heterocycles. The lowest BCUT2D eigenvalue weighted by Crippen LogP contribution is -2.02. The maximum Gasteiger partial charge on any atom is 0.163 e. The normalized spacial score (nSPS) is 10.0. The molecular weight excluding hydrogens is 337 g/mol. The van der Waals surface area contributed by atoms with Crippen molar-refractivity contribution in [3.63, 3.8) is 0 Å². The molecule has 0 fully saturated rings. The van der Waals surface area contributed by atoms with Crippen molar-refractivity contribution < 1.29 is 13.9 Å². The molecule has 0 aliphatic carbocycles. The van der Waals surface area contributed by atoms with Gasteiger partial charge in [-0.15, -0.1) is 0 Å². The molecular formula is C16H11BrFNO2. The summed E-state index contributed by atoms with van der Waals surface area (Å²) in [4.78, 5) is 11.5. The summed E-state index contributed by atoms with van der Waals surface area (Å²) in [5.74, 6) is -0.192. The monoisotopic (exact) mass is 347 g/mol. The lowest BCUT2D eigenvalue weighted by Gasteiger charge is -2.10. The van der Waals surface area contributed by atoms with E-state index >= 15 is 0 Å². The number of hydrogen-bond acceptors (Lipinski definition) is 3. The molecule has 106 valence electrons. The van der Waals surface area contributed by atoms with Crippen LogP contribution in [0.2, 0.25) is 0 Å². The molecule has 0 amide bonds. The van der Waals surface area contributed by atoms with E-state index in [1.807, 2.05) is 6.07 Å². The molecule has 0 N–H and O–H groups in total. The third kappa shape index (κ3) is 3.89. The van der Waals surface area contributed by atoms with Crippen molar-refractivity contribution in [2.75, 3.05) is 0 Å². The Balaban J connectivity index is 2.24. The fourth-order valence-electron chi connectivity index (χ4n) is 1.87. The Morgan fingerprint density at radius 2 is 2.10 bits per heavy atom. The summed E-state index contributed by atoms with van der Waals surface area (Å²) < 4.78 is 19.7. The van der Waals surface area contributed by atoms with E-state index in [4.69, 9.17) is 10.00 Å². The van der Waals surface area contributed by atoms with Crippen LogP contribution in [0.4, 0.5) is 4.39 Å². The van der Waals surface area contributed by atoms with Crippen LogP contribution in [-0.4, -0.2) is 5.78 Å². The van der Waals surface area contributed by atoms with Gasteiger partial charge in [0.05, 0.1) is 17.2 Å². The van der Waals surface area contributed by atoms with Crippen molar-refractivity contribution in [2.45, 2.75) is 13.5 Å². The first-order valence-corrected chi connectivity index (χ1v) is 6.92. The van der Waals surface area contributed by atoms with Gasteiger partial charge in [0.2, 0.25) is 0 Å². The molecule has 3 nitrogen and oxygen atoms in total. The Bertz CT molecular complexity index is 738. The van der Waals surface area contributed by atoms with Crippen LogP contribution in [0.25, 0.3) is 0 Å². The highest BCUT2D eigenvalue weighted by molar-refractivity contribution is 9.10. The Morgan fingerprint density at radius 1 is 1.33 bits per heavy atom. The molecule has 2 rings (SSSR count). The van der Waals surface area contributed by atoms with Gasteiger partial charge < -0.3 is 4.74 Å². The standard InChI is InChI=1S/C16H11BrFNO2/c1-10(20)15-3-2-13(17)7-16(15)21-9-12-4-11(8-19)5-14(18)6-12/h2-7H,9H2,1H3. The number of ketones is 1. The average molecular weight is 348 g/mol. The van der Waals surface area contributed by atoms with Gasteiger partial charge in [-0.2, -0.15) is 5.26 Å². The molecule has 0 unspecified atom stereocenters. The topological polar surface area (TPSA) is 50.1 Å². The van der Waals surface area contributed by atoms with E-state index < -0.39 is 5.82 Å². The zero-order chi connectivity index (χ0) is 15.4. The predicted octanol–water partition coefficient (Wildman–Crippen LogP) is 4.24. The number of Topliss-reactive ketones (excluding diaryl/α,β-unsaturated/α-hetero) is 1. The van der Waals surface area contributed by atoms with Crippen molar-refractivity contribution in [3.8, 4) is 11.8 Å². The van der Waals surface area contributed by atoms with E-state index in [0.717, 1.165) is 10.5 Å². The summed E-state index contributed by atoms with van der Waals surface area (Å²) in [7, 11) is 0. The zero-order valence-corrected chi connectivity index (χ0v) is 12.8. The Kier molecular flexibility index (Phi) is 4.71. The van der Waals surface area contributed by atoms with E-state index in [0.29, 0.717) is 16.9 Å². The first-order chi connectivity index (χ1) is 9.99. The molecule has 0 aliphatic rings. The summed E-state index contributed by atoms with van der Waals surface area (Å²) in [6.07, 6.45) is 0. The number of hydrogen-bond donors (Lipinski definition) is 0. The number of ether oxygens (including phenoxy) is 1. The number of carbonyl (C=O) groups excluding carboxylic acids is 1. The minimum absolute atomic E-state index is 0.0726. The highest BCUT2D eigenvalue weighted by atomic mass is 79.9. The lowest BCUT2D eigenvalue weighted by molar-refractivity contribution is 0.101. The van der Waals surface area contributed by atoms with Crippen LogP contribution in [0.1, 0.15) is 28.4 Å². The second-order valence-electron chi connectivity index (χ2n) is 4.45. The SMILES string of the molecule is CC(=O)c1ccc(Br)cc1OCc1cc(F)cc(C#N)c1. The van der Waals surface area contributed by atoms with Gasteiger partial charge in [-0.25, -0.2) is 4.39 Å². The largest absolute Gasteiger partial charge is 0.488 e. The van der Waals surface area contributed by atoms with E-state index in [2.05, 4.69) is 15.9 Å². The van der Waals surface area contributed by atoms with Gasteiger partial charge in [-0.05, 0) is 48.9 Å². The molecule has 0 bridgehead atoms. The molecule has 2 aromatic rings. The van der Waals surface area contributed by atoms with Crippen molar-refractivity contribution in [1.29, 1.82) is 5.26 Å². The van der Waals surface area contributed by atoms with Gasteiger partial charge in [0, 0.05) is 4.47 Å². The second kappa shape index (κ2) is 6.51. The van der Waals surface area contributed by atoms with Crippen LogP contribution in [0.15, 0.2) is 40.9 Å². The molecule has 0 saturated carbocycles. The molecule has 0 spiro atoms. The molecule has 0 aliphatic heterocycles. The number of benzene rings is 2. The fraction of sp³-hybridized carbons (Fsp3) is 0.125. The molecule has 0 atom stereocenters. The van der Waals surface area contributed by atoms with Crippen LogP contribution >= 0.6 is 15.9 Å². The van der Waals surface area contributed by atoms with Crippen LogP contribution in [0.3, 0.4) is 0 Å². The third-order valence-electron chi connectivity index (χ3n) is 2.80. The third-order valence-corrected chi connectivity index (χ3v) is 3.30. The number of nitrogens with zero attached hydrogens (tertiary/aromatic N) is 1. The lowest BCUT2D eigenvalue weighted by atomic mass is 10.1. The Hall–Kier alpha value is -2.19. The van der Waals surface area contributed by atoms with Gasteiger partial charge in [-0.3, -0.25) is 4.79 Å². The summed E-state index contributed by atoms with van der Waals surface area (Å²) in [6, 6.07) is 11.0. The summed E-state index contributed by atoms with van der Waals surface area (Å²) in [6.45, 7) is 1.52. The minimum atomic E-state index is -0.492. The number of carbonyl (C=O) groups is 1. The smallest absolute Gasteiger partial charge is 0.163 e. The molecule has 2 aromatic carbocycles. The number of nitriles is 1. The highest BCUT2D eigenvalue weighted by Gasteiger charge is 2.10. The van der Waals surface area contributed by atoms with E-state index in [-0.39, 0.29) is 18.0 Å². The van der Waals surface area contributed by atoms with Crippen LogP contribution in [0, 0.1) is 17.1 Å². The first-order valence-electron chi connectivity index (χ1n) is 6.12. The van der Waals surface area contributed by atoms with Crippen molar-refractivity contribution in [1.82, 2.24) is 0 Å². The van der Waals surface area contributed by atoms with Crippen molar-refractivity contribution >= 4 is 21.7 Å². The maximum atomic E-state index is 13.3. The van der Waals surface area contributed by atoms with Crippen LogP contribution < -0.4 is 4.74 Å². The second-order valence-corrected chi connectivity index (χ2v) is 5.36. The molecule has 21 heavy (non-hydrogen) atoms. The van der Waals surface area contributed by atoms with Gasteiger partial charge in [0.1, 0.15) is 18.2 Å². The molecule has 0 heterocycles. The quantitative estimate of drug-likeness (QED) is 0.777. The van der Waals surface area contributed by atoms with Crippen molar-refractivity contribution in [3.05, 3.63) is 63.4 Å². The predicted molar refractivity (Wildman–Crippen MR) is 79.6 cm³/mol. The maximum absolute atomic E-state index is 13.3. The number of rotatable bonds is 4. The number of halogens is 2. The summed E-state index contributed by atoms with van der Waals surface area (Å²) in [5.41, 5.74) is 1.21. The Labute approximate surface area is 130 Å². The van der Waals surface area contributed by atoms with Crippen molar-refractivity contribution in [2.24, 2.45) is 0 Å². The van der Waals surface area contributed by atoms with Crippen LogP contribution in [-0.2, 0) is 6.61 Å². The summed E-state index contributed by atoms with van der Waals surface area (Å²) >= 11 is 3.31. The van der Waals surface area contributed by atoms with E-state index in [1.165, 1.54) is 13.0 Å². The zero-order valence-electron chi connectivity index (χ0n) is 11.2. The van der Waals surface area contributed by atoms with Gasteiger partial charge in [0.15, 0.2) is 5.78 Å². The first kappa shape index (κ1) is 15.2. The van der Waals surface area contributed by atoms with Crippen LogP contribution in [0.5, 0.6) is 5.75 Å². The fourth-order valence-corrected chi connectivity index (χ4v) is 2.21. The highest BCUT2D eigenvalue weighted by Crippen LogP contribution is 2.25. The Morgan fingerprint density at radius 3 is 2.76 bits per heavy atom. The molecule has 5 heteroatoms. The van der Waals surface area contributed by atoms with E-state index in [9.17, 15) is 9.18 Å². The molecule has 0 saturated heterocycles.